The van der Waals surface area contributed by atoms with Crippen LogP contribution in [0.5, 0.6) is 0 Å². The summed E-state index contributed by atoms with van der Waals surface area (Å²) < 4.78 is 17.9. The Balaban J connectivity index is 2.15. The maximum atomic E-state index is 12.7. The van der Waals surface area contributed by atoms with Gasteiger partial charge >= 0.3 is 12.0 Å². The molecular formula is C11H10FN3O3. The molecule has 2 aromatic rings. The van der Waals surface area contributed by atoms with E-state index in [0.717, 1.165) is 0 Å². The van der Waals surface area contributed by atoms with Gasteiger partial charge in [0.05, 0.1) is 0 Å². The third-order valence-corrected chi connectivity index (χ3v) is 2.23. The van der Waals surface area contributed by atoms with Crippen molar-refractivity contribution >= 4 is 12.0 Å². The van der Waals surface area contributed by atoms with Gasteiger partial charge in [0.1, 0.15) is 11.9 Å². The molecule has 0 aliphatic heterocycles. The number of hydrogen-bond acceptors (Lipinski definition) is 5. The Kier molecular flexibility index (Phi) is 3.22. The number of nitrogens with one attached hydrogen (secondary N) is 1. The number of carboxylic acids is 1. The van der Waals surface area contributed by atoms with Gasteiger partial charge in [-0.15, -0.1) is 5.10 Å². The molecule has 0 amide bonds. The van der Waals surface area contributed by atoms with Gasteiger partial charge in [-0.1, -0.05) is 5.10 Å². The number of halogens is 1. The van der Waals surface area contributed by atoms with Gasteiger partial charge < -0.3 is 14.8 Å². The Hall–Kier alpha value is -2.44. The Morgan fingerprint density at radius 2 is 2.06 bits per heavy atom. The van der Waals surface area contributed by atoms with Crippen molar-refractivity contribution in [1.82, 2.24) is 10.2 Å². The van der Waals surface area contributed by atoms with Gasteiger partial charge in [0.25, 0.3) is 0 Å². The molecule has 0 spiro atoms. The first-order valence-electron chi connectivity index (χ1n) is 5.15. The number of benzene rings is 1. The van der Waals surface area contributed by atoms with Crippen molar-refractivity contribution in [2.24, 2.45) is 0 Å². The number of anilines is 1. The molecule has 1 aromatic heterocycles. The van der Waals surface area contributed by atoms with E-state index < -0.39 is 12.0 Å². The Morgan fingerprint density at radius 3 is 2.67 bits per heavy atom. The average Bonchev–Trinajstić information content (AvgIpc) is 2.78. The predicted octanol–water partition coefficient (Wildman–Crippen LogP) is 1.76. The van der Waals surface area contributed by atoms with E-state index in [0.29, 0.717) is 5.56 Å². The summed E-state index contributed by atoms with van der Waals surface area (Å²) >= 11 is 0. The normalized spacial score (nSPS) is 12.1. The van der Waals surface area contributed by atoms with Crippen molar-refractivity contribution in [2.45, 2.75) is 13.0 Å². The highest BCUT2D eigenvalue weighted by atomic mass is 19.1. The van der Waals surface area contributed by atoms with Crippen LogP contribution in [0.3, 0.4) is 0 Å². The fraction of sp³-hybridized carbons (Fsp3) is 0.182. The number of carboxylic acid groups (broad SMARTS) is 1. The Morgan fingerprint density at radius 1 is 1.39 bits per heavy atom. The van der Waals surface area contributed by atoms with Crippen molar-refractivity contribution in [3.8, 4) is 11.5 Å². The lowest BCUT2D eigenvalue weighted by Gasteiger charge is -2.04. The number of aliphatic carboxylic acids is 1. The third kappa shape index (κ3) is 2.62. The molecule has 94 valence electrons. The summed E-state index contributed by atoms with van der Waals surface area (Å²) in [6.07, 6.45) is 0. The molecule has 0 saturated carbocycles. The van der Waals surface area contributed by atoms with E-state index in [1.807, 2.05) is 0 Å². The molecule has 0 radical (unpaired) electrons. The highest BCUT2D eigenvalue weighted by Crippen LogP contribution is 2.20. The zero-order valence-corrected chi connectivity index (χ0v) is 9.42. The van der Waals surface area contributed by atoms with Crippen molar-refractivity contribution < 1.29 is 18.7 Å². The lowest BCUT2D eigenvalue weighted by Crippen LogP contribution is -2.25. The molecule has 0 aliphatic carbocycles. The average molecular weight is 251 g/mol. The minimum absolute atomic E-state index is 0.00391. The molecule has 0 bridgehead atoms. The zero-order chi connectivity index (χ0) is 13.1. The maximum Gasteiger partial charge on any atom is 0.325 e. The third-order valence-electron chi connectivity index (χ3n) is 2.23. The van der Waals surface area contributed by atoms with E-state index in [-0.39, 0.29) is 17.7 Å². The maximum absolute atomic E-state index is 12.7. The number of aromatic nitrogens is 2. The van der Waals surface area contributed by atoms with Gasteiger partial charge in [-0.2, -0.15) is 0 Å². The minimum Gasteiger partial charge on any atom is -0.480 e. The van der Waals surface area contributed by atoms with Gasteiger partial charge in [-0.05, 0) is 31.2 Å². The molecule has 18 heavy (non-hydrogen) atoms. The molecule has 2 rings (SSSR count). The molecule has 6 nitrogen and oxygen atoms in total. The van der Waals surface area contributed by atoms with E-state index in [1.54, 1.807) is 0 Å². The highest BCUT2D eigenvalue weighted by molar-refractivity contribution is 5.75. The molecule has 7 heteroatoms. The first-order valence-corrected chi connectivity index (χ1v) is 5.15. The van der Waals surface area contributed by atoms with Crippen molar-refractivity contribution in [2.75, 3.05) is 5.32 Å². The molecule has 1 atom stereocenters. The van der Waals surface area contributed by atoms with Crippen molar-refractivity contribution in [3.63, 3.8) is 0 Å². The van der Waals surface area contributed by atoms with Crippen LogP contribution < -0.4 is 5.32 Å². The smallest absolute Gasteiger partial charge is 0.325 e. The summed E-state index contributed by atoms with van der Waals surface area (Å²) in [4.78, 5) is 10.6. The van der Waals surface area contributed by atoms with Gasteiger partial charge in [-0.25, -0.2) is 4.39 Å². The summed E-state index contributed by atoms with van der Waals surface area (Å²) in [5.41, 5.74) is 0.555. The van der Waals surface area contributed by atoms with Gasteiger partial charge in [-0.3, -0.25) is 4.79 Å². The first kappa shape index (κ1) is 12.0. The minimum atomic E-state index is -1.03. The topological polar surface area (TPSA) is 88.3 Å². The second-order valence-electron chi connectivity index (χ2n) is 3.62. The summed E-state index contributed by atoms with van der Waals surface area (Å²) in [7, 11) is 0. The van der Waals surface area contributed by atoms with Crippen LogP contribution in [-0.2, 0) is 4.79 Å². The van der Waals surface area contributed by atoms with Gasteiger partial charge in [0, 0.05) is 5.56 Å². The number of carbonyl (C=O) groups is 1. The molecule has 2 N–H and O–H groups in total. The lowest BCUT2D eigenvalue weighted by atomic mass is 10.2. The van der Waals surface area contributed by atoms with E-state index >= 15 is 0 Å². The second-order valence-corrected chi connectivity index (χ2v) is 3.62. The summed E-state index contributed by atoms with van der Waals surface area (Å²) in [6, 6.07) is 4.69. The number of rotatable bonds is 4. The van der Waals surface area contributed by atoms with E-state index in [4.69, 9.17) is 9.52 Å². The molecule has 1 heterocycles. The molecule has 0 unspecified atom stereocenters. The molecule has 0 saturated heterocycles. The van der Waals surface area contributed by atoms with E-state index in [1.165, 1.54) is 31.2 Å². The Labute approximate surface area is 101 Å². The molecule has 0 fully saturated rings. The van der Waals surface area contributed by atoms with Gasteiger partial charge in [0.2, 0.25) is 5.89 Å². The summed E-state index contributed by atoms with van der Waals surface area (Å²) in [6.45, 7) is 1.45. The highest BCUT2D eigenvalue weighted by Gasteiger charge is 2.15. The molecule has 0 aliphatic rings. The summed E-state index contributed by atoms with van der Waals surface area (Å²) in [5.74, 6) is -1.21. The van der Waals surface area contributed by atoms with Crippen molar-refractivity contribution in [3.05, 3.63) is 30.1 Å². The predicted molar refractivity (Wildman–Crippen MR) is 60.4 cm³/mol. The van der Waals surface area contributed by atoms with Crippen LogP contribution in [0.2, 0.25) is 0 Å². The molecular weight excluding hydrogens is 241 g/mol. The quantitative estimate of drug-likeness (QED) is 0.860. The largest absolute Gasteiger partial charge is 0.480 e. The van der Waals surface area contributed by atoms with E-state index in [2.05, 4.69) is 15.5 Å². The summed E-state index contributed by atoms with van der Waals surface area (Å²) in [5, 5.41) is 18.6. The number of nitrogens with zero attached hydrogens (tertiary/aromatic N) is 2. The van der Waals surface area contributed by atoms with Gasteiger partial charge in [0.15, 0.2) is 0 Å². The second kappa shape index (κ2) is 4.82. The molecule has 1 aromatic carbocycles. The van der Waals surface area contributed by atoms with E-state index in [9.17, 15) is 9.18 Å². The SMILES string of the molecule is C[C@@H](Nc1nnc(-c2ccc(F)cc2)o1)C(=O)O. The van der Waals surface area contributed by atoms with Crippen LogP contribution in [0.4, 0.5) is 10.4 Å². The number of hydrogen-bond donors (Lipinski definition) is 2. The zero-order valence-electron chi connectivity index (χ0n) is 9.42. The van der Waals surface area contributed by atoms with Crippen LogP contribution in [0.25, 0.3) is 11.5 Å². The first-order chi connectivity index (χ1) is 8.56. The Bertz CT molecular complexity index is 553. The fourth-order valence-electron chi connectivity index (χ4n) is 1.24. The van der Waals surface area contributed by atoms with Crippen molar-refractivity contribution in [1.29, 1.82) is 0 Å². The van der Waals surface area contributed by atoms with Crippen LogP contribution in [-0.4, -0.2) is 27.3 Å². The fourth-order valence-corrected chi connectivity index (χ4v) is 1.24. The van der Waals surface area contributed by atoms with Crippen LogP contribution >= 0.6 is 0 Å². The van der Waals surface area contributed by atoms with Crippen LogP contribution in [0.15, 0.2) is 28.7 Å². The standard InChI is InChI=1S/C11H10FN3O3/c1-6(10(16)17)13-11-15-14-9(18-11)7-2-4-8(12)5-3-7/h2-6H,1H3,(H,13,15)(H,16,17)/t6-/m1/s1. The van der Waals surface area contributed by atoms with Crippen LogP contribution in [0.1, 0.15) is 6.92 Å². The monoisotopic (exact) mass is 251 g/mol. The van der Waals surface area contributed by atoms with Crippen LogP contribution in [0, 0.1) is 5.82 Å². The lowest BCUT2D eigenvalue weighted by molar-refractivity contribution is -0.137.